The molecule has 7 heteroatoms. The number of nitrogens with zero attached hydrogens (tertiary/aromatic N) is 2. The molecule has 1 aliphatic carbocycles. The molecular weight excluding hydrogens is 382 g/mol. The SMILES string of the molecule is COc1cc(CN(C(=O)Nc2ccccc2CN2CCOCC2)C2CC2)ccc1O. The van der Waals surface area contributed by atoms with Crippen LogP contribution in [-0.2, 0) is 17.8 Å². The largest absolute Gasteiger partial charge is 0.504 e. The number of ether oxygens (including phenoxy) is 2. The van der Waals surface area contributed by atoms with Crippen molar-refractivity contribution in [3.63, 3.8) is 0 Å². The van der Waals surface area contributed by atoms with Gasteiger partial charge in [-0.2, -0.15) is 0 Å². The number of carbonyl (C=O) groups excluding carboxylic acids is 1. The monoisotopic (exact) mass is 411 g/mol. The van der Waals surface area contributed by atoms with Crippen LogP contribution in [0.3, 0.4) is 0 Å². The van der Waals surface area contributed by atoms with Gasteiger partial charge >= 0.3 is 6.03 Å². The molecule has 1 saturated carbocycles. The maximum Gasteiger partial charge on any atom is 0.322 e. The van der Waals surface area contributed by atoms with E-state index in [9.17, 15) is 9.90 Å². The van der Waals surface area contributed by atoms with Crippen molar-refractivity contribution in [1.82, 2.24) is 9.80 Å². The first-order chi connectivity index (χ1) is 14.6. The number of hydrogen-bond acceptors (Lipinski definition) is 5. The second kappa shape index (κ2) is 9.36. The van der Waals surface area contributed by atoms with E-state index in [1.165, 1.54) is 7.11 Å². The summed E-state index contributed by atoms with van der Waals surface area (Å²) in [5.74, 6) is 0.514. The molecule has 0 unspecified atom stereocenters. The molecule has 1 aliphatic heterocycles. The van der Waals surface area contributed by atoms with Crippen LogP contribution in [0.5, 0.6) is 11.5 Å². The third kappa shape index (κ3) is 5.04. The summed E-state index contributed by atoms with van der Waals surface area (Å²) in [6.07, 6.45) is 2.02. The van der Waals surface area contributed by atoms with Crippen LogP contribution in [0.4, 0.5) is 10.5 Å². The minimum Gasteiger partial charge on any atom is -0.504 e. The molecule has 2 amide bonds. The van der Waals surface area contributed by atoms with Crippen molar-refractivity contribution in [3.05, 3.63) is 53.6 Å². The molecule has 0 atom stereocenters. The summed E-state index contributed by atoms with van der Waals surface area (Å²) in [4.78, 5) is 17.4. The Morgan fingerprint density at radius 2 is 2.00 bits per heavy atom. The van der Waals surface area contributed by atoms with Gasteiger partial charge < -0.3 is 24.8 Å². The molecule has 4 rings (SSSR count). The first-order valence-electron chi connectivity index (χ1n) is 10.5. The summed E-state index contributed by atoms with van der Waals surface area (Å²) in [7, 11) is 1.52. The number of amides is 2. The van der Waals surface area contributed by atoms with Gasteiger partial charge in [-0.15, -0.1) is 0 Å². The van der Waals surface area contributed by atoms with E-state index in [2.05, 4.69) is 16.3 Å². The van der Waals surface area contributed by atoms with Crippen molar-refractivity contribution in [3.8, 4) is 11.5 Å². The third-order valence-corrected chi connectivity index (χ3v) is 5.60. The molecule has 0 spiro atoms. The standard InChI is InChI=1S/C23H29N3O4/c1-29-22-14-17(6-9-21(22)27)15-26(19-7-8-19)23(28)24-20-5-3-2-4-18(20)16-25-10-12-30-13-11-25/h2-6,9,14,19,27H,7-8,10-13,15-16H2,1H3,(H,24,28). The number of anilines is 1. The summed E-state index contributed by atoms with van der Waals surface area (Å²) < 4.78 is 10.6. The zero-order valence-electron chi connectivity index (χ0n) is 17.3. The summed E-state index contributed by atoms with van der Waals surface area (Å²) in [6, 6.07) is 13.3. The molecule has 2 fully saturated rings. The average molecular weight is 412 g/mol. The predicted molar refractivity (Wildman–Crippen MR) is 115 cm³/mol. The van der Waals surface area contributed by atoms with Crippen LogP contribution in [0.1, 0.15) is 24.0 Å². The Hall–Kier alpha value is -2.77. The van der Waals surface area contributed by atoms with E-state index in [0.29, 0.717) is 12.3 Å². The molecule has 0 aromatic heterocycles. The third-order valence-electron chi connectivity index (χ3n) is 5.60. The number of carbonyl (C=O) groups is 1. The highest BCUT2D eigenvalue weighted by Gasteiger charge is 2.33. The van der Waals surface area contributed by atoms with Crippen LogP contribution in [-0.4, -0.2) is 60.4 Å². The van der Waals surface area contributed by atoms with Crippen molar-refractivity contribution in [1.29, 1.82) is 0 Å². The van der Waals surface area contributed by atoms with Crippen LogP contribution in [0.15, 0.2) is 42.5 Å². The first-order valence-corrected chi connectivity index (χ1v) is 10.5. The topological polar surface area (TPSA) is 74.3 Å². The smallest absolute Gasteiger partial charge is 0.322 e. The van der Waals surface area contributed by atoms with E-state index >= 15 is 0 Å². The Bertz CT molecular complexity index is 879. The van der Waals surface area contributed by atoms with E-state index < -0.39 is 0 Å². The molecule has 1 saturated heterocycles. The van der Waals surface area contributed by atoms with Gasteiger partial charge in [0.05, 0.1) is 20.3 Å². The van der Waals surface area contributed by atoms with Crippen LogP contribution in [0.25, 0.3) is 0 Å². The van der Waals surface area contributed by atoms with E-state index in [1.807, 2.05) is 29.2 Å². The number of phenolic OH excluding ortho intramolecular Hbond substituents is 1. The number of phenols is 1. The number of para-hydroxylation sites is 1. The lowest BCUT2D eigenvalue weighted by molar-refractivity contribution is 0.0342. The van der Waals surface area contributed by atoms with Crippen molar-refractivity contribution in [2.75, 3.05) is 38.7 Å². The van der Waals surface area contributed by atoms with Crippen molar-refractivity contribution < 1.29 is 19.4 Å². The molecular formula is C23H29N3O4. The van der Waals surface area contributed by atoms with Crippen molar-refractivity contribution >= 4 is 11.7 Å². The zero-order chi connectivity index (χ0) is 20.9. The minimum atomic E-state index is -0.0982. The molecule has 1 heterocycles. The average Bonchev–Trinajstić information content (AvgIpc) is 3.60. The lowest BCUT2D eigenvalue weighted by Gasteiger charge is -2.28. The van der Waals surface area contributed by atoms with E-state index in [1.54, 1.807) is 12.1 Å². The number of rotatable bonds is 7. The first kappa shape index (κ1) is 20.5. The molecule has 2 aromatic carbocycles. The van der Waals surface area contributed by atoms with Crippen LogP contribution in [0.2, 0.25) is 0 Å². The number of hydrogen-bond donors (Lipinski definition) is 2. The van der Waals surface area contributed by atoms with Crippen LogP contribution >= 0.6 is 0 Å². The second-order valence-corrected chi connectivity index (χ2v) is 7.84. The maximum atomic E-state index is 13.2. The van der Waals surface area contributed by atoms with Crippen LogP contribution < -0.4 is 10.1 Å². The molecule has 0 bridgehead atoms. The van der Waals surface area contributed by atoms with Gasteiger partial charge in [-0.3, -0.25) is 4.90 Å². The number of urea groups is 1. The van der Waals surface area contributed by atoms with Gasteiger partial charge in [0.1, 0.15) is 0 Å². The Morgan fingerprint density at radius 1 is 1.23 bits per heavy atom. The Morgan fingerprint density at radius 3 is 2.73 bits per heavy atom. The van der Waals surface area contributed by atoms with Crippen LogP contribution in [0, 0.1) is 0 Å². The molecule has 30 heavy (non-hydrogen) atoms. The second-order valence-electron chi connectivity index (χ2n) is 7.84. The summed E-state index contributed by atoms with van der Waals surface area (Å²) in [6.45, 7) is 4.57. The van der Waals surface area contributed by atoms with E-state index in [0.717, 1.165) is 62.5 Å². The Balaban J connectivity index is 1.46. The Kier molecular flexibility index (Phi) is 6.40. The summed E-state index contributed by atoms with van der Waals surface area (Å²) in [5.41, 5.74) is 2.88. The van der Waals surface area contributed by atoms with Gasteiger partial charge in [0.25, 0.3) is 0 Å². The number of morpholine rings is 1. The van der Waals surface area contributed by atoms with E-state index in [4.69, 9.17) is 9.47 Å². The molecule has 2 aromatic rings. The number of benzene rings is 2. The molecule has 2 aliphatic rings. The molecule has 7 nitrogen and oxygen atoms in total. The summed E-state index contributed by atoms with van der Waals surface area (Å²) >= 11 is 0. The highest BCUT2D eigenvalue weighted by Crippen LogP contribution is 2.32. The van der Waals surface area contributed by atoms with Crippen molar-refractivity contribution in [2.45, 2.75) is 32.0 Å². The van der Waals surface area contributed by atoms with Gasteiger partial charge in [-0.1, -0.05) is 24.3 Å². The molecule has 2 N–H and O–H groups in total. The number of nitrogens with one attached hydrogen (secondary N) is 1. The van der Waals surface area contributed by atoms with Gasteiger partial charge in [0, 0.05) is 37.9 Å². The lowest BCUT2D eigenvalue weighted by atomic mass is 10.1. The predicted octanol–water partition coefficient (Wildman–Crippen LogP) is 3.43. The molecule has 160 valence electrons. The maximum absolute atomic E-state index is 13.2. The number of methoxy groups -OCH3 is 1. The highest BCUT2D eigenvalue weighted by atomic mass is 16.5. The van der Waals surface area contributed by atoms with Gasteiger partial charge in [0.2, 0.25) is 0 Å². The fourth-order valence-electron chi connectivity index (χ4n) is 3.74. The number of aromatic hydroxyl groups is 1. The fourth-order valence-corrected chi connectivity index (χ4v) is 3.74. The summed E-state index contributed by atoms with van der Waals surface area (Å²) in [5, 5.41) is 13.0. The quantitative estimate of drug-likeness (QED) is 0.730. The van der Waals surface area contributed by atoms with Gasteiger partial charge in [0.15, 0.2) is 11.5 Å². The van der Waals surface area contributed by atoms with E-state index in [-0.39, 0.29) is 17.8 Å². The fraction of sp³-hybridized carbons (Fsp3) is 0.435. The lowest BCUT2D eigenvalue weighted by Crippen LogP contribution is -2.37. The van der Waals surface area contributed by atoms with Gasteiger partial charge in [-0.25, -0.2) is 4.79 Å². The normalized spacial score (nSPS) is 16.8. The van der Waals surface area contributed by atoms with Crippen molar-refractivity contribution in [2.24, 2.45) is 0 Å². The highest BCUT2D eigenvalue weighted by molar-refractivity contribution is 5.90. The minimum absolute atomic E-state index is 0.0979. The molecule has 0 radical (unpaired) electrons. The zero-order valence-corrected chi connectivity index (χ0v) is 17.3. The Labute approximate surface area is 177 Å². The van der Waals surface area contributed by atoms with Gasteiger partial charge in [-0.05, 0) is 42.2 Å².